The summed E-state index contributed by atoms with van der Waals surface area (Å²) in [7, 11) is 0. The molecule has 620 valence electrons. The highest BCUT2D eigenvalue weighted by molar-refractivity contribution is 7.11. The number of benzene rings is 5. The first-order valence-corrected chi connectivity index (χ1v) is 46.6. The molecule has 0 fully saturated rings. The van der Waals surface area contributed by atoms with Gasteiger partial charge in [0.1, 0.15) is 17.5 Å². The van der Waals surface area contributed by atoms with Crippen LogP contribution in [0.5, 0.6) is 0 Å². The SMILES string of the molecule is CC1(C)CC(=O)C2=C(Cc3ncsc3[C@@]2(C)c2cccc(F)c2)C1.CC1(C)CC(=O)C2=C(Cc3ncsc3[C@@]2(C)c2ccccc2)C1.CC1(C)CC(=O)C2=C(Cc3ncsc3[C@]2(C)c2cccc(F)c2)C1.CC[C@@]1(c2cccc(F)c2)C2=C(Cc3ncsc31)CC(C)(C)CC2=O.CC[C@]1(c2ccccc2)C2=C(Cc3ncsc31)CC(C)(C)CC2=O. The summed E-state index contributed by atoms with van der Waals surface area (Å²) < 4.78 is 41.9. The van der Waals surface area contributed by atoms with Crippen LogP contribution in [0.4, 0.5) is 13.2 Å². The van der Waals surface area contributed by atoms with Crippen LogP contribution in [-0.4, -0.2) is 53.8 Å². The van der Waals surface area contributed by atoms with Crippen molar-refractivity contribution in [3.05, 3.63) is 315 Å². The van der Waals surface area contributed by atoms with Crippen LogP contribution in [0.25, 0.3) is 0 Å². The van der Waals surface area contributed by atoms with E-state index in [0.29, 0.717) is 43.7 Å². The molecule has 10 aromatic rings. The van der Waals surface area contributed by atoms with Gasteiger partial charge >= 0.3 is 0 Å². The van der Waals surface area contributed by atoms with E-state index in [1.54, 1.807) is 93.1 Å². The number of Topliss-reactive ketones (excluding diaryl/α,β-unsaturated/α-hetero) is 5. The second-order valence-electron chi connectivity index (χ2n) is 39.3. The largest absolute Gasteiger partial charge is 0.294 e. The molecule has 0 amide bonds. The first kappa shape index (κ1) is 84.7. The molecular weight excluding hydrogens is 1590 g/mol. The summed E-state index contributed by atoms with van der Waals surface area (Å²) in [6, 6.07) is 41.1. The van der Waals surface area contributed by atoms with E-state index in [-0.39, 0.29) is 72.7 Å². The fourth-order valence-corrected chi connectivity index (χ4v) is 28.0. The van der Waals surface area contributed by atoms with Gasteiger partial charge in [-0.25, -0.2) is 38.1 Å². The lowest BCUT2D eigenvalue weighted by Crippen LogP contribution is -2.42. The van der Waals surface area contributed by atoms with Crippen LogP contribution in [0, 0.1) is 44.5 Å². The van der Waals surface area contributed by atoms with Gasteiger partial charge in [0, 0.05) is 116 Å². The zero-order valence-electron chi connectivity index (χ0n) is 71.6. The molecule has 18 heteroatoms. The predicted molar refractivity (Wildman–Crippen MR) is 478 cm³/mol. The maximum atomic E-state index is 14.1. The summed E-state index contributed by atoms with van der Waals surface area (Å²) in [5.74, 6) is 0.489. The van der Waals surface area contributed by atoms with E-state index in [1.807, 2.05) is 57.9 Å². The van der Waals surface area contributed by atoms with Crippen molar-refractivity contribution < 1.29 is 37.1 Å². The zero-order valence-corrected chi connectivity index (χ0v) is 75.6. The van der Waals surface area contributed by atoms with E-state index in [9.17, 15) is 37.1 Å². The van der Waals surface area contributed by atoms with Gasteiger partial charge in [0.2, 0.25) is 0 Å². The fourth-order valence-electron chi connectivity index (χ4n) is 22.7. The van der Waals surface area contributed by atoms with Gasteiger partial charge in [0.05, 0.1) is 83.1 Å². The number of thiazole rings is 5. The Labute approximate surface area is 724 Å². The van der Waals surface area contributed by atoms with E-state index in [2.05, 4.69) is 177 Å². The minimum Gasteiger partial charge on any atom is -0.294 e. The topological polar surface area (TPSA) is 150 Å². The van der Waals surface area contributed by atoms with E-state index in [4.69, 9.17) is 0 Å². The molecule has 5 aromatic carbocycles. The van der Waals surface area contributed by atoms with Gasteiger partial charge in [-0.05, 0) is 157 Å². The molecule has 0 saturated carbocycles. The van der Waals surface area contributed by atoms with E-state index < -0.39 is 16.2 Å². The van der Waals surface area contributed by atoms with Gasteiger partial charge in [-0.15, -0.1) is 56.7 Å². The number of fused-ring (bicyclic) bond motifs is 5. The molecule has 0 unspecified atom stereocenters. The lowest BCUT2D eigenvalue weighted by atomic mass is 9.59. The molecule has 5 aromatic heterocycles. The smallest absolute Gasteiger partial charge is 0.160 e. The van der Waals surface area contributed by atoms with Gasteiger partial charge in [0.25, 0.3) is 0 Å². The number of rotatable bonds is 7. The molecule has 0 radical (unpaired) electrons. The molecule has 0 aliphatic heterocycles. The highest BCUT2D eigenvalue weighted by Gasteiger charge is 2.55. The lowest BCUT2D eigenvalue weighted by Gasteiger charge is -2.44. The number of carbonyl (C=O) groups is 5. The number of hydrogen-bond donors (Lipinski definition) is 0. The van der Waals surface area contributed by atoms with Gasteiger partial charge in [0.15, 0.2) is 28.9 Å². The van der Waals surface area contributed by atoms with E-state index in [1.165, 1.54) is 72.6 Å². The first-order valence-electron chi connectivity index (χ1n) is 42.2. The van der Waals surface area contributed by atoms with Crippen LogP contribution < -0.4 is 0 Å². The second-order valence-corrected chi connectivity index (χ2v) is 43.6. The van der Waals surface area contributed by atoms with Crippen molar-refractivity contribution in [1.82, 2.24) is 24.9 Å². The predicted octanol–water partition coefficient (Wildman–Crippen LogP) is 24.7. The lowest BCUT2D eigenvalue weighted by molar-refractivity contribution is -0.119. The number of hydrogen-bond acceptors (Lipinski definition) is 15. The Hall–Kier alpha value is -8.91. The van der Waals surface area contributed by atoms with Gasteiger partial charge < -0.3 is 0 Å². The molecular formula is C102H106F3N5O5S5. The minimum absolute atomic E-state index is 0.0215. The van der Waals surface area contributed by atoms with Crippen molar-refractivity contribution >= 4 is 85.6 Å². The van der Waals surface area contributed by atoms with Crippen LogP contribution in [0.15, 0.2) is 217 Å². The Morgan fingerprint density at radius 1 is 0.275 bits per heavy atom. The molecule has 10 aliphatic rings. The van der Waals surface area contributed by atoms with Gasteiger partial charge in [-0.2, -0.15) is 0 Å². The maximum absolute atomic E-state index is 14.1. The Bertz CT molecular complexity index is 5830. The van der Waals surface area contributed by atoms with Crippen molar-refractivity contribution in [3.63, 3.8) is 0 Å². The van der Waals surface area contributed by atoms with Gasteiger partial charge in [-0.1, -0.05) is 208 Å². The van der Waals surface area contributed by atoms with Crippen molar-refractivity contribution in [1.29, 1.82) is 0 Å². The Morgan fingerprint density at radius 2 is 0.508 bits per heavy atom. The summed E-state index contributed by atoms with van der Waals surface area (Å²) in [4.78, 5) is 94.5. The van der Waals surface area contributed by atoms with Crippen LogP contribution >= 0.6 is 56.7 Å². The quantitative estimate of drug-likeness (QED) is 0.151. The van der Waals surface area contributed by atoms with Gasteiger partial charge in [-0.3, -0.25) is 24.0 Å². The minimum atomic E-state index is -0.597. The molecule has 0 bridgehead atoms. The molecule has 0 saturated heterocycles. The van der Waals surface area contributed by atoms with E-state index in [0.717, 1.165) is 159 Å². The number of nitrogens with zero attached hydrogens (tertiary/aromatic N) is 5. The highest BCUT2D eigenvalue weighted by atomic mass is 32.1. The highest BCUT2D eigenvalue weighted by Crippen LogP contribution is 2.61. The maximum Gasteiger partial charge on any atom is 0.160 e. The van der Waals surface area contributed by atoms with Crippen LogP contribution in [0.3, 0.4) is 0 Å². The average molecular weight is 1700 g/mol. The normalized spacial score (nSPS) is 25.4. The number of allylic oxidation sites excluding steroid dienone is 10. The summed E-state index contributed by atoms with van der Waals surface area (Å²) in [5, 5.41) is 0. The standard InChI is InChI=1S/C21H22FNOS.C21H23NOS.2C20H20FNOS.C20H21NOS/c1-4-21(14-6-5-7-15(22)9-14)18-13(8-16-19(21)25-12-23-16)10-20(2,3)11-17(18)24;1-4-21(15-8-6-5-7-9-15)18-14(10-16-19(21)24-13-22-16)11-20(2,3)12-17(18)23;2*1-19(2)9-12-7-15-18(24-11-22-15)20(3,17(12)16(23)10-19)13-5-4-6-14(21)8-13;1-19(2)10-13-9-15-18(23-12-21-15)20(3,17(13)16(22)11-19)14-7-5-4-6-8-14/h5-7,9,12H,4,8,10-11H2,1-3H3;5-9,13H,4,10-12H2,1-3H3;2*4-6,8,11H,7,9-10H2,1-3H3;4-8,12H,9-11H2,1-3H3/t2*21-;3*20-/m10100/s1. The molecule has 10 aliphatic carbocycles. The second kappa shape index (κ2) is 31.5. The van der Waals surface area contributed by atoms with Crippen LogP contribution in [0.1, 0.15) is 262 Å². The summed E-state index contributed by atoms with van der Waals surface area (Å²) in [6.45, 7) is 32.3. The van der Waals surface area contributed by atoms with E-state index >= 15 is 0 Å². The molecule has 120 heavy (non-hydrogen) atoms. The van der Waals surface area contributed by atoms with Crippen LogP contribution in [-0.2, 0) is 83.2 Å². The molecule has 10 nitrogen and oxygen atoms in total. The third-order valence-electron chi connectivity index (χ3n) is 27.2. The van der Waals surface area contributed by atoms with Crippen molar-refractivity contribution in [2.45, 2.75) is 240 Å². The molecule has 0 N–H and O–H groups in total. The number of halogens is 3. The summed E-state index contributed by atoms with van der Waals surface area (Å²) in [5.41, 5.74) is 28.5. The number of carbonyl (C=O) groups excluding carboxylic acids is 5. The first-order chi connectivity index (χ1) is 56.9. The Balaban J connectivity index is 0.000000112. The molecule has 0 spiro atoms. The monoisotopic (exact) mass is 1700 g/mol. The average Bonchev–Trinajstić information content (AvgIpc) is 1.03. The van der Waals surface area contributed by atoms with Crippen LogP contribution in [0.2, 0.25) is 0 Å². The van der Waals surface area contributed by atoms with Crippen molar-refractivity contribution in [2.75, 3.05) is 0 Å². The zero-order chi connectivity index (χ0) is 85.2. The number of ketones is 5. The summed E-state index contributed by atoms with van der Waals surface area (Å²) in [6.07, 6.45) is 13.2. The third kappa shape index (κ3) is 14.8. The summed E-state index contributed by atoms with van der Waals surface area (Å²) >= 11 is 8.14. The Morgan fingerprint density at radius 3 is 0.808 bits per heavy atom. The molecule has 5 atom stereocenters. The number of aromatic nitrogens is 5. The van der Waals surface area contributed by atoms with Crippen molar-refractivity contribution in [3.8, 4) is 0 Å². The Kier molecular flexibility index (Phi) is 22.2. The molecule has 5 heterocycles. The van der Waals surface area contributed by atoms with Crippen molar-refractivity contribution in [2.24, 2.45) is 27.1 Å². The fraction of sp³-hybridized carbons (Fsp3) is 0.412. The third-order valence-corrected chi connectivity index (χ3v) is 32.6. The molecule has 20 rings (SSSR count).